The van der Waals surface area contributed by atoms with E-state index in [1.54, 1.807) is 29.1 Å². The zero-order valence-corrected chi connectivity index (χ0v) is 13.6. The van der Waals surface area contributed by atoms with E-state index in [-0.39, 0.29) is 11.7 Å². The van der Waals surface area contributed by atoms with Crippen LogP contribution in [0.5, 0.6) is 0 Å². The highest BCUT2D eigenvalue weighted by Gasteiger charge is 2.11. The van der Waals surface area contributed by atoms with Crippen LogP contribution >= 0.6 is 0 Å². The number of aryl methyl sites for hydroxylation is 2. The number of carbonyl (C=O) groups is 1. The molecule has 24 heavy (non-hydrogen) atoms. The van der Waals surface area contributed by atoms with Gasteiger partial charge in [0.15, 0.2) is 5.82 Å². The lowest BCUT2D eigenvalue weighted by molar-refractivity contribution is 0.102. The van der Waals surface area contributed by atoms with Gasteiger partial charge in [0, 0.05) is 17.8 Å². The molecule has 0 bridgehead atoms. The van der Waals surface area contributed by atoms with E-state index >= 15 is 0 Å². The van der Waals surface area contributed by atoms with Crippen molar-refractivity contribution in [2.45, 2.75) is 20.4 Å². The van der Waals surface area contributed by atoms with E-state index in [4.69, 9.17) is 0 Å². The first-order chi connectivity index (χ1) is 11.5. The van der Waals surface area contributed by atoms with Crippen LogP contribution in [-0.4, -0.2) is 15.7 Å². The van der Waals surface area contributed by atoms with Crippen LogP contribution in [0.3, 0.4) is 0 Å². The zero-order chi connectivity index (χ0) is 17.1. The minimum atomic E-state index is -0.263. The largest absolute Gasteiger partial charge is 0.305 e. The van der Waals surface area contributed by atoms with E-state index in [1.807, 2.05) is 32.0 Å². The number of rotatable bonds is 4. The van der Waals surface area contributed by atoms with Gasteiger partial charge < -0.3 is 5.32 Å². The standard InChI is InChI=1S/C19H18FN3O/c1-13-3-8-17(14(2)11-13)19(24)21-18-9-10-23(22-18)12-15-4-6-16(20)7-5-15/h3-11H,12H2,1-2H3,(H,21,22,24). The Hall–Kier alpha value is -2.95. The molecule has 0 atom stereocenters. The SMILES string of the molecule is Cc1ccc(C(=O)Nc2ccn(Cc3ccc(F)cc3)n2)c(C)c1. The number of benzene rings is 2. The molecule has 1 N–H and O–H groups in total. The molecule has 0 aliphatic carbocycles. The van der Waals surface area contributed by atoms with Crippen LogP contribution in [0.15, 0.2) is 54.7 Å². The average molecular weight is 323 g/mol. The summed E-state index contributed by atoms with van der Waals surface area (Å²) in [6.45, 7) is 4.42. The van der Waals surface area contributed by atoms with Gasteiger partial charge >= 0.3 is 0 Å². The number of halogens is 1. The first-order valence-corrected chi connectivity index (χ1v) is 7.68. The van der Waals surface area contributed by atoms with Crippen LogP contribution in [0.4, 0.5) is 10.2 Å². The van der Waals surface area contributed by atoms with Gasteiger partial charge in [-0.3, -0.25) is 9.48 Å². The van der Waals surface area contributed by atoms with Gasteiger partial charge in [-0.15, -0.1) is 0 Å². The van der Waals surface area contributed by atoms with Crippen LogP contribution in [-0.2, 0) is 6.54 Å². The Bertz CT molecular complexity index is 869. The number of nitrogens with one attached hydrogen (secondary N) is 1. The molecule has 0 aliphatic rings. The fourth-order valence-corrected chi connectivity index (χ4v) is 2.55. The third-order valence-electron chi connectivity index (χ3n) is 3.77. The lowest BCUT2D eigenvalue weighted by Crippen LogP contribution is -2.14. The van der Waals surface area contributed by atoms with Gasteiger partial charge in [0.05, 0.1) is 6.54 Å². The molecule has 0 saturated heterocycles. The minimum Gasteiger partial charge on any atom is -0.305 e. The number of amides is 1. The van der Waals surface area contributed by atoms with Crippen LogP contribution in [0.1, 0.15) is 27.0 Å². The molecule has 3 rings (SSSR count). The summed E-state index contributed by atoms with van der Waals surface area (Å²) in [7, 11) is 0. The Kier molecular flexibility index (Phi) is 4.42. The molecule has 1 amide bonds. The number of hydrogen-bond acceptors (Lipinski definition) is 2. The number of nitrogens with zero attached hydrogens (tertiary/aromatic N) is 2. The van der Waals surface area contributed by atoms with Gasteiger partial charge in [-0.1, -0.05) is 29.8 Å². The highest BCUT2D eigenvalue weighted by molar-refractivity contribution is 6.04. The highest BCUT2D eigenvalue weighted by Crippen LogP contribution is 2.13. The third-order valence-corrected chi connectivity index (χ3v) is 3.77. The summed E-state index contributed by atoms with van der Waals surface area (Å²) in [5, 5.41) is 7.13. The third kappa shape index (κ3) is 3.68. The lowest BCUT2D eigenvalue weighted by atomic mass is 10.1. The summed E-state index contributed by atoms with van der Waals surface area (Å²) in [4.78, 5) is 12.3. The fourth-order valence-electron chi connectivity index (χ4n) is 2.55. The molecule has 0 spiro atoms. The van der Waals surface area contributed by atoms with Crippen LogP contribution < -0.4 is 5.32 Å². The topological polar surface area (TPSA) is 46.9 Å². The van der Waals surface area contributed by atoms with Gasteiger partial charge in [0.2, 0.25) is 0 Å². The molecule has 3 aromatic rings. The van der Waals surface area contributed by atoms with Crippen molar-refractivity contribution >= 4 is 11.7 Å². The van der Waals surface area contributed by atoms with E-state index in [9.17, 15) is 9.18 Å². The summed E-state index contributed by atoms with van der Waals surface area (Å²) in [6.07, 6.45) is 1.78. The van der Waals surface area contributed by atoms with Gasteiger partial charge in [-0.05, 0) is 43.2 Å². The molecule has 0 fully saturated rings. The predicted octanol–water partition coefficient (Wildman–Crippen LogP) is 3.94. The van der Waals surface area contributed by atoms with Crippen molar-refractivity contribution in [2.24, 2.45) is 0 Å². The predicted molar refractivity (Wildman–Crippen MR) is 91.6 cm³/mol. The Morgan fingerprint density at radius 3 is 2.58 bits per heavy atom. The van der Waals surface area contributed by atoms with E-state index < -0.39 is 0 Å². The van der Waals surface area contributed by atoms with E-state index in [0.717, 1.165) is 16.7 Å². The summed E-state index contributed by atoms with van der Waals surface area (Å²) < 4.78 is 14.6. The molecule has 0 unspecified atom stereocenters. The molecule has 0 saturated carbocycles. The van der Waals surface area contributed by atoms with Crippen LogP contribution in [0.25, 0.3) is 0 Å². The van der Waals surface area contributed by atoms with Crippen molar-refractivity contribution in [3.8, 4) is 0 Å². The first-order valence-electron chi connectivity index (χ1n) is 7.68. The monoisotopic (exact) mass is 323 g/mol. The molecular formula is C19H18FN3O. The maximum absolute atomic E-state index is 12.9. The minimum absolute atomic E-state index is 0.181. The molecule has 2 aromatic carbocycles. The summed E-state index contributed by atoms with van der Waals surface area (Å²) >= 11 is 0. The number of aromatic nitrogens is 2. The van der Waals surface area contributed by atoms with E-state index in [1.165, 1.54) is 12.1 Å². The normalized spacial score (nSPS) is 10.6. The number of anilines is 1. The average Bonchev–Trinajstić information content (AvgIpc) is 2.96. The Morgan fingerprint density at radius 2 is 1.88 bits per heavy atom. The summed E-state index contributed by atoms with van der Waals surface area (Å²) in [5.41, 5.74) is 3.62. The molecular weight excluding hydrogens is 305 g/mol. The number of hydrogen-bond donors (Lipinski definition) is 1. The van der Waals surface area contributed by atoms with Crippen molar-refractivity contribution in [2.75, 3.05) is 5.32 Å². The second-order valence-electron chi connectivity index (χ2n) is 5.80. The molecule has 0 radical (unpaired) electrons. The fraction of sp³-hybridized carbons (Fsp3) is 0.158. The van der Waals surface area contributed by atoms with Crippen LogP contribution in [0, 0.1) is 19.7 Å². The quantitative estimate of drug-likeness (QED) is 0.790. The van der Waals surface area contributed by atoms with Gasteiger partial charge in [0.1, 0.15) is 5.82 Å². The molecule has 1 aromatic heterocycles. The lowest BCUT2D eigenvalue weighted by Gasteiger charge is -2.06. The van der Waals surface area contributed by atoms with Gasteiger partial charge in [-0.25, -0.2) is 4.39 Å². The summed E-state index contributed by atoms with van der Waals surface area (Å²) in [6, 6.07) is 13.7. The van der Waals surface area contributed by atoms with Gasteiger partial charge in [0.25, 0.3) is 5.91 Å². The molecule has 122 valence electrons. The second-order valence-corrected chi connectivity index (χ2v) is 5.80. The first kappa shape index (κ1) is 15.9. The van der Waals surface area contributed by atoms with Gasteiger partial charge in [-0.2, -0.15) is 5.10 Å². The highest BCUT2D eigenvalue weighted by atomic mass is 19.1. The molecule has 4 nitrogen and oxygen atoms in total. The van der Waals surface area contributed by atoms with Crippen molar-refractivity contribution in [3.63, 3.8) is 0 Å². The number of carbonyl (C=O) groups excluding carboxylic acids is 1. The Labute approximate surface area is 139 Å². The molecule has 0 aliphatic heterocycles. The smallest absolute Gasteiger partial charge is 0.257 e. The van der Waals surface area contributed by atoms with E-state index in [0.29, 0.717) is 17.9 Å². The van der Waals surface area contributed by atoms with Crippen molar-refractivity contribution in [3.05, 3.63) is 82.8 Å². The molecule has 5 heteroatoms. The molecule has 1 heterocycles. The Morgan fingerprint density at radius 1 is 1.12 bits per heavy atom. The van der Waals surface area contributed by atoms with Crippen LogP contribution in [0.2, 0.25) is 0 Å². The second kappa shape index (κ2) is 6.66. The summed E-state index contributed by atoms with van der Waals surface area (Å²) in [5.74, 6) is 0.0438. The zero-order valence-electron chi connectivity index (χ0n) is 13.6. The van der Waals surface area contributed by atoms with E-state index in [2.05, 4.69) is 10.4 Å². The maximum atomic E-state index is 12.9. The Balaban J connectivity index is 1.69. The maximum Gasteiger partial charge on any atom is 0.257 e. The van der Waals surface area contributed by atoms with Crippen molar-refractivity contribution in [1.82, 2.24) is 9.78 Å². The van der Waals surface area contributed by atoms with Crippen molar-refractivity contribution in [1.29, 1.82) is 0 Å². The van der Waals surface area contributed by atoms with Crippen molar-refractivity contribution < 1.29 is 9.18 Å².